The molecule has 0 radical (unpaired) electrons. The average Bonchev–Trinajstić information content (AvgIpc) is 2.76. The SMILES string of the molecule is CS(=O)(=O)C1CCCC(C(NN)c2csc(I)c2)C1. The topological polar surface area (TPSA) is 72.2 Å². The Morgan fingerprint density at radius 2 is 2.26 bits per heavy atom. The Hall–Kier alpha value is 0.300. The van der Waals surface area contributed by atoms with Gasteiger partial charge < -0.3 is 0 Å². The smallest absolute Gasteiger partial charge is 0.150 e. The van der Waals surface area contributed by atoms with Crippen molar-refractivity contribution in [1.82, 2.24) is 5.43 Å². The molecule has 0 aromatic carbocycles. The Morgan fingerprint density at radius 1 is 1.53 bits per heavy atom. The number of nitrogens with one attached hydrogen (secondary N) is 1. The highest BCUT2D eigenvalue weighted by atomic mass is 127. The third-order valence-electron chi connectivity index (χ3n) is 3.87. The Bertz CT molecular complexity index is 530. The van der Waals surface area contributed by atoms with Crippen LogP contribution in [0, 0.1) is 8.80 Å². The first kappa shape index (κ1) is 15.7. The van der Waals surface area contributed by atoms with Gasteiger partial charge in [-0.1, -0.05) is 6.42 Å². The lowest BCUT2D eigenvalue weighted by Crippen LogP contribution is -2.38. The van der Waals surface area contributed by atoms with E-state index in [4.69, 9.17) is 5.84 Å². The fraction of sp³-hybridized carbons (Fsp3) is 0.667. The van der Waals surface area contributed by atoms with Crippen LogP contribution in [-0.4, -0.2) is 19.9 Å². The Morgan fingerprint density at radius 3 is 2.79 bits per heavy atom. The molecule has 1 saturated carbocycles. The normalized spacial score (nSPS) is 26.3. The minimum Gasteiger partial charge on any atom is -0.271 e. The summed E-state index contributed by atoms with van der Waals surface area (Å²) in [6.07, 6.45) is 4.83. The third kappa shape index (κ3) is 3.90. The Balaban J connectivity index is 2.15. The van der Waals surface area contributed by atoms with Crippen molar-refractivity contribution in [3.63, 3.8) is 0 Å². The number of hydrogen-bond donors (Lipinski definition) is 2. The third-order valence-corrected chi connectivity index (χ3v) is 7.32. The van der Waals surface area contributed by atoms with Gasteiger partial charge in [0, 0.05) is 12.3 Å². The molecule has 4 nitrogen and oxygen atoms in total. The minimum absolute atomic E-state index is 0.0596. The van der Waals surface area contributed by atoms with Crippen molar-refractivity contribution in [3.05, 3.63) is 19.9 Å². The van der Waals surface area contributed by atoms with Gasteiger partial charge in [0.15, 0.2) is 0 Å². The maximum Gasteiger partial charge on any atom is 0.150 e. The van der Waals surface area contributed by atoms with Crippen LogP contribution in [0.5, 0.6) is 0 Å². The average molecular weight is 414 g/mol. The first-order valence-corrected chi connectivity index (χ1v) is 10.2. The summed E-state index contributed by atoms with van der Waals surface area (Å²) in [7, 11) is -2.94. The van der Waals surface area contributed by atoms with Crippen LogP contribution >= 0.6 is 33.9 Å². The highest BCUT2D eigenvalue weighted by Gasteiger charge is 2.33. The van der Waals surface area contributed by atoms with Crippen molar-refractivity contribution >= 4 is 43.8 Å². The van der Waals surface area contributed by atoms with Gasteiger partial charge in [-0.25, -0.2) is 8.42 Å². The molecule has 1 aromatic rings. The number of sulfone groups is 1. The summed E-state index contributed by atoms with van der Waals surface area (Å²) in [4.78, 5) is 0. The molecule has 0 aliphatic heterocycles. The highest BCUT2D eigenvalue weighted by molar-refractivity contribution is 14.1. The van der Waals surface area contributed by atoms with Gasteiger partial charge in [-0.3, -0.25) is 11.3 Å². The van der Waals surface area contributed by atoms with E-state index in [-0.39, 0.29) is 11.3 Å². The largest absolute Gasteiger partial charge is 0.271 e. The van der Waals surface area contributed by atoms with Gasteiger partial charge in [-0.15, -0.1) is 11.3 Å². The second-order valence-corrected chi connectivity index (χ2v) is 10.3. The molecule has 3 N–H and O–H groups in total. The van der Waals surface area contributed by atoms with Crippen molar-refractivity contribution < 1.29 is 8.42 Å². The molecule has 1 aromatic heterocycles. The van der Waals surface area contributed by atoms with Gasteiger partial charge in [0.25, 0.3) is 0 Å². The quantitative estimate of drug-likeness (QED) is 0.451. The van der Waals surface area contributed by atoms with Crippen molar-refractivity contribution in [2.45, 2.75) is 37.0 Å². The summed E-state index contributed by atoms with van der Waals surface area (Å²) in [5.41, 5.74) is 4.06. The maximum atomic E-state index is 11.7. The number of hydrogen-bond acceptors (Lipinski definition) is 5. The Labute approximate surface area is 132 Å². The lowest BCUT2D eigenvalue weighted by molar-refractivity contribution is 0.275. The molecular formula is C12H19IN2O2S2. The van der Waals surface area contributed by atoms with E-state index < -0.39 is 9.84 Å². The number of hydrazine groups is 1. The van der Waals surface area contributed by atoms with Crippen LogP contribution in [0.3, 0.4) is 0 Å². The summed E-state index contributed by atoms with van der Waals surface area (Å²) < 4.78 is 24.7. The predicted molar refractivity (Wildman–Crippen MR) is 87.7 cm³/mol. The zero-order valence-corrected chi connectivity index (χ0v) is 14.6. The summed E-state index contributed by atoms with van der Waals surface area (Å²) in [5, 5.41) is 1.90. The van der Waals surface area contributed by atoms with Crippen LogP contribution in [0.1, 0.15) is 37.3 Å². The van der Waals surface area contributed by atoms with E-state index in [1.165, 1.54) is 14.7 Å². The Kier molecular flexibility index (Phi) is 5.27. The molecular weight excluding hydrogens is 395 g/mol. The molecule has 1 heterocycles. The van der Waals surface area contributed by atoms with E-state index in [9.17, 15) is 8.42 Å². The van der Waals surface area contributed by atoms with Crippen molar-refractivity contribution in [2.24, 2.45) is 11.8 Å². The van der Waals surface area contributed by atoms with E-state index in [0.29, 0.717) is 12.3 Å². The fourth-order valence-electron chi connectivity index (χ4n) is 2.86. The standard InChI is InChI=1S/C12H19IN2O2S2/c1-19(16,17)10-4-2-3-8(5-10)12(15-14)9-6-11(13)18-7-9/h6-8,10,12,15H,2-5,14H2,1H3. The minimum atomic E-state index is -2.94. The monoisotopic (exact) mass is 414 g/mol. The zero-order valence-electron chi connectivity index (χ0n) is 10.8. The van der Waals surface area contributed by atoms with Crippen LogP contribution in [0.2, 0.25) is 0 Å². The van der Waals surface area contributed by atoms with Gasteiger partial charge in [0.2, 0.25) is 0 Å². The van der Waals surface area contributed by atoms with Crippen LogP contribution < -0.4 is 11.3 Å². The molecule has 1 aliphatic rings. The second-order valence-electron chi connectivity index (χ2n) is 5.21. The molecule has 0 amide bonds. The molecule has 0 bridgehead atoms. The molecule has 3 atom stereocenters. The number of halogens is 1. The van der Waals surface area contributed by atoms with E-state index in [2.05, 4.69) is 39.5 Å². The molecule has 108 valence electrons. The summed E-state index contributed by atoms with van der Waals surface area (Å²) in [6, 6.07) is 2.18. The summed E-state index contributed by atoms with van der Waals surface area (Å²) >= 11 is 3.98. The van der Waals surface area contributed by atoms with Crippen molar-refractivity contribution in [3.8, 4) is 0 Å². The lowest BCUT2D eigenvalue weighted by atomic mass is 9.82. The van der Waals surface area contributed by atoms with Gasteiger partial charge >= 0.3 is 0 Å². The second kappa shape index (κ2) is 6.38. The maximum absolute atomic E-state index is 11.7. The molecule has 1 fully saturated rings. The van der Waals surface area contributed by atoms with Crippen LogP contribution in [-0.2, 0) is 9.84 Å². The lowest BCUT2D eigenvalue weighted by Gasteiger charge is -2.33. The first-order chi connectivity index (χ1) is 8.91. The molecule has 7 heteroatoms. The molecule has 2 rings (SSSR count). The number of nitrogens with two attached hydrogens (primary N) is 1. The van der Waals surface area contributed by atoms with E-state index in [0.717, 1.165) is 19.3 Å². The number of rotatable bonds is 4. The van der Waals surface area contributed by atoms with Crippen LogP contribution in [0.25, 0.3) is 0 Å². The highest BCUT2D eigenvalue weighted by Crippen LogP contribution is 2.37. The van der Waals surface area contributed by atoms with Crippen molar-refractivity contribution in [2.75, 3.05) is 6.26 Å². The molecule has 3 unspecified atom stereocenters. The van der Waals surface area contributed by atoms with Gasteiger partial charge in [0.1, 0.15) is 9.84 Å². The van der Waals surface area contributed by atoms with E-state index in [1.807, 2.05) is 0 Å². The number of thiophene rings is 1. The first-order valence-electron chi connectivity index (χ1n) is 6.30. The van der Waals surface area contributed by atoms with Gasteiger partial charge in [-0.2, -0.15) is 0 Å². The molecule has 19 heavy (non-hydrogen) atoms. The van der Waals surface area contributed by atoms with E-state index in [1.54, 1.807) is 11.3 Å². The summed E-state index contributed by atoms with van der Waals surface area (Å²) in [5.74, 6) is 6.00. The van der Waals surface area contributed by atoms with Crippen LogP contribution in [0.15, 0.2) is 11.4 Å². The molecule has 0 saturated heterocycles. The van der Waals surface area contributed by atoms with Crippen molar-refractivity contribution in [1.29, 1.82) is 0 Å². The van der Waals surface area contributed by atoms with Crippen LogP contribution in [0.4, 0.5) is 0 Å². The van der Waals surface area contributed by atoms with Gasteiger partial charge in [-0.05, 0) is 64.8 Å². The molecule has 0 spiro atoms. The van der Waals surface area contributed by atoms with E-state index >= 15 is 0 Å². The summed E-state index contributed by atoms with van der Waals surface area (Å²) in [6.45, 7) is 0. The molecule has 1 aliphatic carbocycles. The zero-order chi connectivity index (χ0) is 14.0. The van der Waals surface area contributed by atoms with Gasteiger partial charge in [0.05, 0.1) is 8.13 Å². The fourth-order valence-corrected chi connectivity index (χ4v) is 5.46. The predicted octanol–water partition coefficient (Wildman–Crippen LogP) is 2.46.